The molecular formula is C16H20N2O. The number of hydrogen-bond acceptors (Lipinski definition) is 1. The molecule has 0 aliphatic carbocycles. The molecule has 1 aromatic heterocycles. The first-order chi connectivity index (χ1) is 9.17. The fourth-order valence-electron chi connectivity index (χ4n) is 2.23. The van der Waals surface area contributed by atoms with Gasteiger partial charge in [0, 0.05) is 24.5 Å². The zero-order valence-corrected chi connectivity index (χ0v) is 11.7. The average Bonchev–Trinajstić information content (AvgIpc) is 2.83. The second-order valence-corrected chi connectivity index (χ2v) is 4.57. The molecule has 19 heavy (non-hydrogen) atoms. The monoisotopic (exact) mass is 256 g/mol. The number of hydrogen-bond donors (Lipinski definition) is 1. The van der Waals surface area contributed by atoms with Crippen molar-refractivity contribution in [2.45, 2.75) is 20.8 Å². The summed E-state index contributed by atoms with van der Waals surface area (Å²) in [5, 5.41) is 0. The third-order valence-corrected chi connectivity index (χ3v) is 3.38. The number of carbonyl (C=O) groups excluding carboxylic acids is 1. The maximum absolute atomic E-state index is 12.4. The fraction of sp³-hybridized carbons (Fsp3) is 0.312. The highest BCUT2D eigenvalue weighted by Crippen LogP contribution is 2.22. The summed E-state index contributed by atoms with van der Waals surface area (Å²) in [5.74, 6) is 0.0981. The molecule has 2 rings (SSSR count). The van der Waals surface area contributed by atoms with Gasteiger partial charge >= 0.3 is 0 Å². The van der Waals surface area contributed by atoms with Gasteiger partial charge in [0.1, 0.15) is 0 Å². The lowest BCUT2D eigenvalue weighted by molar-refractivity contribution is 0.0772. The van der Waals surface area contributed by atoms with Crippen molar-refractivity contribution in [3.05, 3.63) is 47.7 Å². The van der Waals surface area contributed by atoms with Gasteiger partial charge < -0.3 is 9.88 Å². The van der Waals surface area contributed by atoms with Crippen molar-refractivity contribution in [3.8, 4) is 11.3 Å². The van der Waals surface area contributed by atoms with Gasteiger partial charge in [0.05, 0.1) is 5.56 Å². The van der Waals surface area contributed by atoms with E-state index in [-0.39, 0.29) is 5.91 Å². The number of carbonyl (C=O) groups is 1. The van der Waals surface area contributed by atoms with Crippen LogP contribution in [0.15, 0.2) is 36.4 Å². The van der Waals surface area contributed by atoms with Gasteiger partial charge in [-0.25, -0.2) is 0 Å². The molecule has 1 amide bonds. The van der Waals surface area contributed by atoms with E-state index in [0.717, 1.165) is 35.6 Å². The maximum atomic E-state index is 12.4. The van der Waals surface area contributed by atoms with E-state index in [9.17, 15) is 4.79 Å². The molecule has 1 N–H and O–H groups in total. The minimum absolute atomic E-state index is 0.0981. The first-order valence-electron chi connectivity index (χ1n) is 6.71. The van der Waals surface area contributed by atoms with Crippen molar-refractivity contribution in [1.29, 1.82) is 0 Å². The number of amides is 1. The quantitative estimate of drug-likeness (QED) is 0.893. The predicted octanol–water partition coefficient (Wildman–Crippen LogP) is 3.47. The molecule has 0 spiro atoms. The summed E-state index contributed by atoms with van der Waals surface area (Å²) in [6, 6.07) is 12.0. The Kier molecular flexibility index (Phi) is 4.05. The number of nitrogens with zero attached hydrogens (tertiary/aromatic N) is 1. The summed E-state index contributed by atoms with van der Waals surface area (Å²) in [6.07, 6.45) is 0. The topological polar surface area (TPSA) is 36.1 Å². The van der Waals surface area contributed by atoms with Gasteiger partial charge in [-0.1, -0.05) is 30.3 Å². The van der Waals surface area contributed by atoms with Crippen LogP contribution < -0.4 is 0 Å². The molecule has 0 aliphatic heterocycles. The van der Waals surface area contributed by atoms with Crippen LogP contribution in [0, 0.1) is 6.92 Å². The van der Waals surface area contributed by atoms with Crippen LogP contribution in [-0.2, 0) is 0 Å². The molecule has 0 saturated carbocycles. The smallest absolute Gasteiger partial charge is 0.255 e. The maximum Gasteiger partial charge on any atom is 0.255 e. The summed E-state index contributed by atoms with van der Waals surface area (Å²) in [6.45, 7) is 7.42. The molecule has 0 saturated heterocycles. The van der Waals surface area contributed by atoms with Gasteiger partial charge in [0.15, 0.2) is 0 Å². The first-order valence-corrected chi connectivity index (χ1v) is 6.71. The molecule has 0 radical (unpaired) electrons. The van der Waals surface area contributed by atoms with Crippen LogP contribution in [0.5, 0.6) is 0 Å². The molecule has 0 fully saturated rings. The highest BCUT2D eigenvalue weighted by atomic mass is 16.2. The molecular weight excluding hydrogens is 236 g/mol. The van der Waals surface area contributed by atoms with Crippen molar-refractivity contribution in [1.82, 2.24) is 9.88 Å². The van der Waals surface area contributed by atoms with Gasteiger partial charge in [-0.3, -0.25) is 4.79 Å². The van der Waals surface area contributed by atoms with Crippen molar-refractivity contribution >= 4 is 5.91 Å². The first kappa shape index (κ1) is 13.4. The van der Waals surface area contributed by atoms with E-state index < -0.39 is 0 Å². The van der Waals surface area contributed by atoms with Crippen LogP contribution in [0.1, 0.15) is 29.9 Å². The molecule has 3 nitrogen and oxygen atoms in total. The molecule has 100 valence electrons. The number of nitrogens with one attached hydrogen (secondary N) is 1. The Bertz CT molecular complexity index is 553. The van der Waals surface area contributed by atoms with Crippen molar-refractivity contribution in [2.75, 3.05) is 13.1 Å². The van der Waals surface area contributed by atoms with E-state index in [2.05, 4.69) is 4.98 Å². The molecule has 0 atom stereocenters. The number of H-pyrrole nitrogens is 1. The van der Waals surface area contributed by atoms with Gasteiger partial charge in [0.2, 0.25) is 0 Å². The molecule has 2 aromatic rings. The van der Waals surface area contributed by atoms with Crippen LogP contribution in [0.2, 0.25) is 0 Å². The molecule has 3 heteroatoms. The third kappa shape index (κ3) is 2.70. The number of aromatic nitrogens is 1. The van der Waals surface area contributed by atoms with Crippen LogP contribution in [0.3, 0.4) is 0 Å². The van der Waals surface area contributed by atoms with Gasteiger partial charge in [-0.2, -0.15) is 0 Å². The zero-order chi connectivity index (χ0) is 13.8. The zero-order valence-electron chi connectivity index (χ0n) is 11.7. The Hall–Kier alpha value is -2.03. The average molecular weight is 256 g/mol. The van der Waals surface area contributed by atoms with Gasteiger partial charge in [-0.05, 0) is 32.4 Å². The number of rotatable bonds is 4. The van der Waals surface area contributed by atoms with Crippen LogP contribution in [-0.4, -0.2) is 28.9 Å². The lowest BCUT2D eigenvalue weighted by atomic mass is 10.1. The number of benzene rings is 1. The normalized spacial score (nSPS) is 10.5. The van der Waals surface area contributed by atoms with Crippen molar-refractivity contribution in [3.63, 3.8) is 0 Å². The molecule has 1 aromatic carbocycles. The van der Waals surface area contributed by atoms with E-state index in [1.165, 1.54) is 0 Å². The standard InChI is InChI=1S/C16H20N2O/c1-4-18(5-2)16(19)14-11-15(17-12(14)3)13-9-7-6-8-10-13/h6-11,17H,4-5H2,1-3H3. The lowest BCUT2D eigenvalue weighted by Crippen LogP contribution is -2.30. The molecule has 1 heterocycles. The SMILES string of the molecule is CCN(CC)C(=O)c1cc(-c2ccccc2)[nH]c1C. The van der Waals surface area contributed by atoms with Crippen molar-refractivity contribution in [2.24, 2.45) is 0 Å². The Morgan fingerprint density at radius 3 is 2.37 bits per heavy atom. The van der Waals surface area contributed by atoms with E-state index in [4.69, 9.17) is 0 Å². The number of aromatic amines is 1. The Labute approximate surface area is 114 Å². The van der Waals surface area contributed by atoms with Gasteiger partial charge in [-0.15, -0.1) is 0 Å². The second kappa shape index (κ2) is 5.74. The lowest BCUT2D eigenvalue weighted by Gasteiger charge is -2.18. The van der Waals surface area contributed by atoms with Crippen molar-refractivity contribution < 1.29 is 4.79 Å². The molecule has 0 unspecified atom stereocenters. The summed E-state index contributed by atoms with van der Waals surface area (Å²) in [4.78, 5) is 17.5. The molecule has 0 aliphatic rings. The third-order valence-electron chi connectivity index (χ3n) is 3.38. The Morgan fingerprint density at radius 2 is 1.79 bits per heavy atom. The van der Waals surface area contributed by atoms with E-state index >= 15 is 0 Å². The molecule has 0 bridgehead atoms. The van der Waals surface area contributed by atoms with Crippen LogP contribution in [0.25, 0.3) is 11.3 Å². The summed E-state index contributed by atoms with van der Waals surface area (Å²) in [5.41, 5.74) is 3.79. The minimum atomic E-state index is 0.0981. The highest BCUT2D eigenvalue weighted by molar-refractivity contribution is 5.96. The second-order valence-electron chi connectivity index (χ2n) is 4.57. The number of aryl methyl sites for hydroxylation is 1. The van der Waals surface area contributed by atoms with Crippen LogP contribution in [0.4, 0.5) is 0 Å². The van der Waals surface area contributed by atoms with E-state index in [1.807, 2.05) is 62.1 Å². The highest BCUT2D eigenvalue weighted by Gasteiger charge is 2.17. The largest absolute Gasteiger partial charge is 0.358 e. The summed E-state index contributed by atoms with van der Waals surface area (Å²) >= 11 is 0. The van der Waals surface area contributed by atoms with E-state index in [1.54, 1.807) is 0 Å². The fourth-order valence-corrected chi connectivity index (χ4v) is 2.23. The summed E-state index contributed by atoms with van der Waals surface area (Å²) < 4.78 is 0. The van der Waals surface area contributed by atoms with Gasteiger partial charge in [0.25, 0.3) is 5.91 Å². The minimum Gasteiger partial charge on any atom is -0.358 e. The Morgan fingerprint density at radius 1 is 1.16 bits per heavy atom. The summed E-state index contributed by atoms with van der Waals surface area (Å²) in [7, 11) is 0. The van der Waals surface area contributed by atoms with E-state index in [0.29, 0.717) is 0 Å². The Balaban J connectivity index is 2.34. The van der Waals surface area contributed by atoms with Crippen LogP contribution >= 0.6 is 0 Å². The predicted molar refractivity (Wildman–Crippen MR) is 78.2 cm³/mol.